The van der Waals surface area contributed by atoms with E-state index in [2.05, 4.69) is 30.1 Å². The fourth-order valence-electron chi connectivity index (χ4n) is 3.14. The number of halogens is 1. The van der Waals surface area contributed by atoms with Gasteiger partial charge in [0.2, 0.25) is 0 Å². The predicted molar refractivity (Wildman–Crippen MR) is 123 cm³/mol. The average molecular weight is 504 g/mol. The molecule has 1 fully saturated rings. The van der Waals surface area contributed by atoms with E-state index >= 15 is 0 Å². The number of aliphatic imine (C=N–C) groups is 1. The Balaban J connectivity index is 0.00000392. The third-order valence-corrected chi connectivity index (χ3v) is 4.62. The molecular weight excluding hydrogens is 471 g/mol. The highest BCUT2D eigenvalue weighted by molar-refractivity contribution is 14.0. The average Bonchev–Trinajstić information content (AvgIpc) is 2.71. The first-order chi connectivity index (χ1) is 13.1. The van der Waals surface area contributed by atoms with E-state index < -0.39 is 0 Å². The number of rotatable bonds is 6. The molecule has 2 rings (SSSR count). The second-order valence-electron chi connectivity index (χ2n) is 6.51. The molecule has 1 aliphatic heterocycles. The van der Waals surface area contributed by atoms with Gasteiger partial charge in [-0.25, -0.2) is 4.79 Å². The Morgan fingerprint density at radius 3 is 2.43 bits per heavy atom. The lowest BCUT2D eigenvalue weighted by atomic mass is 10.0. The largest absolute Gasteiger partial charge is 0.496 e. The van der Waals surface area contributed by atoms with Crippen LogP contribution >= 0.6 is 24.0 Å². The molecule has 1 heterocycles. The minimum Gasteiger partial charge on any atom is -0.496 e. The molecule has 1 N–H and O–H groups in total. The van der Waals surface area contributed by atoms with Crippen LogP contribution in [0.1, 0.15) is 32.3 Å². The smallest absolute Gasteiger partial charge is 0.409 e. The summed E-state index contributed by atoms with van der Waals surface area (Å²) in [5.74, 6) is 2.03. The Kier molecular flexibility index (Phi) is 11.0. The molecule has 1 saturated heterocycles. The lowest BCUT2D eigenvalue weighted by Gasteiger charge is -2.36. The molecule has 1 amide bonds. The minimum absolute atomic E-state index is 0. The van der Waals surface area contributed by atoms with Crippen molar-refractivity contribution in [3.05, 3.63) is 29.8 Å². The van der Waals surface area contributed by atoms with Crippen molar-refractivity contribution in [2.45, 2.75) is 26.7 Å². The molecular formula is C20H33IN4O3. The van der Waals surface area contributed by atoms with Gasteiger partial charge in [-0.3, -0.25) is 4.99 Å². The van der Waals surface area contributed by atoms with Crippen molar-refractivity contribution in [3.63, 3.8) is 0 Å². The summed E-state index contributed by atoms with van der Waals surface area (Å²) in [4.78, 5) is 20.6. The Labute approximate surface area is 185 Å². The summed E-state index contributed by atoms with van der Waals surface area (Å²) in [5, 5.41) is 3.37. The van der Waals surface area contributed by atoms with Gasteiger partial charge in [0.15, 0.2) is 5.96 Å². The van der Waals surface area contributed by atoms with Crippen LogP contribution < -0.4 is 10.1 Å². The van der Waals surface area contributed by atoms with Gasteiger partial charge in [0.25, 0.3) is 0 Å². The minimum atomic E-state index is -0.233. The molecule has 0 bridgehead atoms. The van der Waals surface area contributed by atoms with Crippen molar-refractivity contribution >= 4 is 36.0 Å². The number of nitrogens with one attached hydrogen (secondary N) is 1. The zero-order valence-corrected chi connectivity index (χ0v) is 19.6. The van der Waals surface area contributed by atoms with E-state index in [-0.39, 0.29) is 36.0 Å². The maximum atomic E-state index is 11.9. The number of guanidine groups is 1. The first-order valence-corrected chi connectivity index (χ1v) is 9.68. The Hall–Kier alpha value is -1.71. The number of amides is 1. The van der Waals surface area contributed by atoms with Gasteiger partial charge >= 0.3 is 6.09 Å². The van der Waals surface area contributed by atoms with Crippen LogP contribution in [0.2, 0.25) is 0 Å². The van der Waals surface area contributed by atoms with Crippen LogP contribution in [0.3, 0.4) is 0 Å². The van der Waals surface area contributed by atoms with Crippen LogP contribution in [0.4, 0.5) is 4.79 Å². The van der Waals surface area contributed by atoms with Crippen molar-refractivity contribution in [1.82, 2.24) is 15.1 Å². The van der Waals surface area contributed by atoms with Crippen molar-refractivity contribution in [1.29, 1.82) is 0 Å². The molecule has 0 aliphatic carbocycles. The van der Waals surface area contributed by atoms with Crippen molar-refractivity contribution in [2.24, 2.45) is 4.99 Å². The van der Waals surface area contributed by atoms with Gasteiger partial charge in [-0.15, -0.1) is 24.0 Å². The Morgan fingerprint density at radius 2 is 1.82 bits per heavy atom. The number of ether oxygens (including phenoxy) is 2. The van der Waals surface area contributed by atoms with Gasteiger partial charge in [0.1, 0.15) is 5.75 Å². The van der Waals surface area contributed by atoms with Gasteiger partial charge in [0.05, 0.1) is 13.7 Å². The lowest BCUT2D eigenvalue weighted by molar-refractivity contribution is 0.0914. The number of nitrogens with zero attached hydrogens (tertiary/aromatic N) is 3. The van der Waals surface area contributed by atoms with E-state index in [9.17, 15) is 4.79 Å². The quantitative estimate of drug-likeness (QED) is 0.367. The maximum absolute atomic E-state index is 11.9. The number of methoxy groups -OCH3 is 1. The summed E-state index contributed by atoms with van der Waals surface area (Å²) in [7, 11) is 1.70. The summed E-state index contributed by atoms with van der Waals surface area (Å²) in [6.45, 7) is 10.7. The zero-order chi connectivity index (χ0) is 19.6. The van der Waals surface area contributed by atoms with E-state index in [4.69, 9.17) is 14.5 Å². The zero-order valence-electron chi connectivity index (χ0n) is 17.3. The molecule has 1 atom stereocenters. The second kappa shape index (κ2) is 12.7. The van der Waals surface area contributed by atoms with E-state index in [1.54, 1.807) is 12.0 Å². The molecule has 0 spiro atoms. The van der Waals surface area contributed by atoms with E-state index in [1.807, 2.05) is 25.1 Å². The maximum Gasteiger partial charge on any atom is 0.409 e. The van der Waals surface area contributed by atoms with Crippen molar-refractivity contribution in [2.75, 3.05) is 53.0 Å². The number of hydrogen-bond donors (Lipinski definition) is 1. The number of benzene rings is 1. The molecule has 7 nitrogen and oxygen atoms in total. The monoisotopic (exact) mass is 504 g/mol. The molecule has 8 heteroatoms. The molecule has 1 aliphatic rings. The van der Waals surface area contributed by atoms with Gasteiger partial charge in [0, 0.05) is 45.2 Å². The fraction of sp³-hybridized carbons (Fsp3) is 0.600. The van der Waals surface area contributed by atoms with Gasteiger partial charge in [-0.2, -0.15) is 0 Å². The number of hydrogen-bond acceptors (Lipinski definition) is 4. The van der Waals surface area contributed by atoms with Gasteiger partial charge < -0.3 is 24.6 Å². The number of carbonyl (C=O) groups excluding carboxylic acids is 1. The normalized spacial score (nSPS) is 15.5. The van der Waals surface area contributed by atoms with Crippen LogP contribution in [-0.2, 0) is 4.74 Å². The molecule has 1 aromatic carbocycles. The van der Waals surface area contributed by atoms with Crippen LogP contribution in [0, 0.1) is 0 Å². The number of carbonyl (C=O) groups is 1. The summed E-state index contributed by atoms with van der Waals surface area (Å²) in [5.41, 5.74) is 1.16. The SMILES string of the molecule is CCNC(=NCC(C)c1ccccc1OC)N1CCN(C(=O)OCC)CC1.I. The molecule has 1 unspecified atom stereocenters. The summed E-state index contributed by atoms with van der Waals surface area (Å²) < 4.78 is 10.6. The molecule has 28 heavy (non-hydrogen) atoms. The third-order valence-electron chi connectivity index (χ3n) is 4.62. The van der Waals surface area contributed by atoms with E-state index in [0.717, 1.165) is 36.9 Å². The highest BCUT2D eigenvalue weighted by Crippen LogP contribution is 2.26. The first kappa shape index (κ1) is 24.3. The first-order valence-electron chi connectivity index (χ1n) is 9.68. The van der Waals surface area contributed by atoms with Gasteiger partial charge in [-0.1, -0.05) is 25.1 Å². The highest BCUT2D eigenvalue weighted by Gasteiger charge is 2.24. The van der Waals surface area contributed by atoms with Crippen LogP contribution in [0.25, 0.3) is 0 Å². The molecule has 0 aromatic heterocycles. The highest BCUT2D eigenvalue weighted by atomic mass is 127. The number of piperazine rings is 1. The summed E-state index contributed by atoms with van der Waals surface area (Å²) in [6.07, 6.45) is -0.233. The van der Waals surface area contributed by atoms with Crippen molar-refractivity contribution in [3.8, 4) is 5.75 Å². The van der Waals surface area contributed by atoms with Gasteiger partial charge in [-0.05, 0) is 25.5 Å². The van der Waals surface area contributed by atoms with Crippen LogP contribution in [-0.4, -0.2) is 74.8 Å². The molecule has 1 aromatic rings. The Morgan fingerprint density at radius 1 is 1.18 bits per heavy atom. The number of para-hydroxylation sites is 1. The Bertz CT molecular complexity index is 634. The van der Waals surface area contributed by atoms with E-state index in [1.165, 1.54) is 0 Å². The van der Waals surface area contributed by atoms with Crippen molar-refractivity contribution < 1.29 is 14.3 Å². The summed E-state index contributed by atoms with van der Waals surface area (Å²) in [6, 6.07) is 8.07. The fourth-order valence-corrected chi connectivity index (χ4v) is 3.14. The molecule has 158 valence electrons. The van der Waals surface area contributed by atoms with E-state index in [0.29, 0.717) is 26.2 Å². The van der Waals surface area contributed by atoms with Crippen LogP contribution in [0.5, 0.6) is 5.75 Å². The standard InChI is InChI=1S/C20H32N4O3.HI/c1-5-21-19(23-11-13-24(14-12-23)20(25)27-6-2)22-15-16(3)17-9-7-8-10-18(17)26-4;/h7-10,16H,5-6,11-15H2,1-4H3,(H,21,22);1H. The van der Waals surface area contributed by atoms with Crippen LogP contribution in [0.15, 0.2) is 29.3 Å². The summed E-state index contributed by atoms with van der Waals surface area (Å²) >= 11 is 0. The third kappa shape index (κ3) is 6.72. The predicted octanol–water partition coefficient (Wildman–Crippen LogP) is 3.16. The topological polar surface area (TPSA) is 66.4 Å². The lowest BCUT2D eigenvalue weighted by Crippen LogP contribution is -2.54. The second-order valence-corrected chi connectivity index (χ2v) is 6.51. The molecule has 0 radical (unpaired) electrons. The molecule has 0 saturated carbocycles.